The number of thiocarbonyl (C=S) groups is 1. The molecule has 0 atom stereocenters. The Hall–Kier alpha value is -3.21. The predicted molar refractivity (Wildman–Crippen MR) is 137 cm³/mol. The fourth-order valence-electron chi connectivity index (χ4n) is 3.69. The highest BCUT2D eigenvalue weighted by atomic mass is 35.5. The van der Waals surface area contributed by atoms with Crippen LogP contribution in [-0.4, -0.2) is 36.6 Å². The van der Waals surface area contributed by atoms with Gasteiger partial charge in [0.2, 0.25) is 6.41 Å². The second kappa shape index (κ2) is 9.96. The number of fused-ring (bicyclic) bond motifs is 1. The molecule has 1 aliphatic rings. The molecule has 0 bridgehead atoms. The number of nitrogens with zero attached hydrogens (tertiary/aromatic N) is 2. The van der Waals surface area contributed by atoms with Crippen molar-refractivity contribution in [2.75, 3.05) is 11.8 Å². The smallest absolute Gasteiger partial charge is 0.264 e. The van der Waals surface area contributed by atoms with Crippen molar-refractivity contribution in [1.82, 2.24) is 15.1 Å². The number of carbonyl (C=O) groups excluding carboxylic acids is 1. The van der Waals surface area contributed by atoms with Crippen molar-refractivity contribution in [3.63, 3.8) is 0 Å². The van der Waals surface area contributed by atoms with Gasteiger partial charge in [-0.2, -0.15) is 5.10 Å². The Labute approximate surface area is 207 Å². The van der Waals surface area contributed by atoms with Gasteiger partial charge < -0.3 is 10.1 Å². The Bertz CT molecular complexity index is 1440. The molecule has 1 amide bonds. The highest BCUT2D eigenvalue weighted by Gasteiger charge is 2.27. The van der Waals surface area contributed by atoms with Gasteiger partial charge >= 0.3 is 0 Å². The van der Waals surface area contributed by atoms with E-state index in [1.54, 1.807) is 16.8 Å². The van der Waals surface area contributed by atoms with Gasteiger partial charge in [0.1, 0.15) is 10.7 Å². The van der Waals surface area contributed by atoms with Crippen molar-refractivity contribution in [1.29, 1.82) is 0 Å². The van der Waals surface area contributed by atoms with E-state index in [2.05, 4.69) is 15.1 Å². The molecule has 0 unspecified atom stereocenters. The van der Waals surface area contributed by atoms with Gasteiger partial charge in [0, 0.05) is 22.9 Å². The van der Waals surface area contributed by atoms with Crippen LogP contribution >= 0.6 is 23.8 Å². The Morgan fingerprint density at radius 3 is 2.76 bits per heavy atom. The highest BCUT2D eigenvalue weighted by Crippen LogP contribution is 2.34. The zero-order valence-corrected chi connectivity index (χ0v) is 20.5. The standard InChI is InChI=1S/C23H21ClN4O4S2/c1-32-19-7-3-6-18-22(19)23(27-34(30,31)21-11-17(24)8-9-20(21)33)26-28(18)13-16-5-2-4-15(10-16)12-25-14-29/h2-8,10-11,14H,9,12-13H2,1H3,(H,25,29)(H,26,27). The van der Waals surface area contributed by atoms with Gasteiger partial charge in [-0.15, -0.1) is 0 Å². The zero-order chi connectivity index (χ0) is 24.3. The number of amides is 1. The molecule has 0 saturated carbocycles. The van der Waals surface area contributed by atoms with E-state index in [-0.39, 0.29) is 22.0 Å². The van der Waals surface area contributed by atoms with Crippen LogP contribution in [0, 0.1) is 0 Å². The number of sulfonamides is 1. The Morgan fingerprint density at radius 2 is 2.00 bits per heavy atom. The number of halogens is 1. The number of methoxy groups -OCH3 is 1. The maximum atomic E-state index is 13.2. The lowest BCUT2D eigenvalue weighted by Crippen LogP contribution is -2.21. The van der Waals surface area contributed by atoms with Crippen LogP contribution in [0.5, 0.6) is 5.75 Å². The molecule has 8 nitrogen and oxygen atoms in total. The Balaban J connectivity index is 1.75. The maximum Gasteiger partial charge on any atom is 0.264 e. The number of ether oxygens (including phenoxy) is 1. The zero-order valence-electron chi connectivity index (χ0n) is 18.1. The number of benzene rings is 2. The van der Waals surface area contributed by atoms with Crippen LogP contribution in [0.1, 0.15) is 17.5 Å². The van der Waals surface area contributed by atoms with Crippen LogP contribution in [-0.2, 0) is 27.9 Å². The molecular weight excluding hydrogens is 496 g/mol. The third-order valence-electron chi connectivity index (χ3n) is 5.22. The summed E-state index contributed by atoms with van der Waals surface area (Å²) < 4.78 is 36.1. The average Bonchev–Trinajstić information content (AvgIpc) is 3.16. The summed E-state index contributed by atoms with van der Waals surface area (Å²) in [7, 11) is -2.53. The Morgan fingerprint density at radius 1 is 1.24 bits per heavy atom. The molecule has 34 heavy (non-hydrogen) atoms. The van der Waals surface area contributed by atoms with E-state index in [4.69, 9.17) is 28.6 Å². The molecule has 0 saturated heterocycles. The fourth-order valence-corrected chi connectivity index (χ4v) is 5.59. The van der Waals surface area contributed by atoms with Gasteiger partial charge in [-0.25, -0.2) is 8.42 Å². The number of rotatable bonds is 9. The normalized spacial score (nSPS) is 13.9. The quantitative estimate of drug-likeness (QED) is 0.331. The van der Waals surface area contributed by atoms with E-state index in [9.17, 15) is 13.2 Å². The second-order valence-corrected chi connectivity index (χ2v) is 10.1. The van der Waals surface area contributed by atoms with Gasteiger partial charge in [-0.05, 0) is 29.3 Å². The monoisotopic (exact) mass is 516 g/mol. The molecule has 1 aromatic heterocycles. The lowest BCUT2D eigenvalue weighted by molar-refractivity contribution is -0.109. The minimum absolute atomic E-state index is 0.0528. The van der Waals surface area contributed by atoms with Crippen LogP contribution in [0.3, 0.4) is 0 Å². The molecule has 4 rings (SSSR count). The van der Waals surface area contributed by atoms with Crippen molar-refractivity contribution in [3.05, 3.63) is 75.7 Å². The number of allylic oxidation sites excluding steroid dienone is 4. The largest absolute Gasteiger partial charge is 0.496 e. The highest BCUT2D eigenvalue weighted by molar-refractivity contribution is 7.99. The minimum atomic E-state index is -4.04. The van der Waals surface area contributed by atoms with Gasteiger partial charge in [0.05, 0.1) is 24.6 Å². The number of nitrogens with one attached hydrogen (secondary N) is 2. The fraction of sp³-hybridized carbons (Fsp3) is 0.174. The average molecular weight is 517 g/mol. The first-order valence-electron chi connectivity index (χ1n) is 10.2. The van der Waals surface area contributed by atoms with E-state index in [1.807, 2.05) is 36.4 Å². The molecule has 0 spiro atoms. The summed E-state index contributed by atoms with van der Waals surface area (Å²) in [5.41, 5.74) is 2.55. The van der Waals surface area contributed by atoms with Crippen molar-refractivity contribution in [3.8, 4) is 5.75 Å². The molecule has 3 aromatic rings. The third-order valence-corrected chi connectivity index (χ3v) is 7.40. The van der Waals surface area contributed by atoms with Gasteiger partial charge in [-0.1, -0.05) is 60.2 Å². The van der Waals surface area contributed by atoms with Crippen LogP contribution in [0.15, 0.2) is 64.6 Å². The molecule has 1 heterocycles. The van der Waals surface area contributed by atoms with Crippen molar-refractivity contribution in [2.45, 2.75) is 19.5 Å². The van der Waals surface area contributed by atoms with Crippen LogP contribution in [0.4, 0.5) is 5.82 Å². The summed E-state index contributed by atoms with van der Waals surface area (Å²) >= 11 is 11.3. The lowest BCUT2D eigenvalue weighted by Gasteiger charge is -2.14. The minimum Gasteiger partial charge on any atom is -0.496 e. The summed E-state index contributed by atoms with van der Waals surface area (Å²) in [6.07, 6.45) is 3.92. The first kappa shape index (κ1) is 23.9. The molecule has 11 heteroatoms. The van der Waals surface area contributed by atoms with Crippen LogP contribution in [0.2, 0.25) is 0 Å². The van der Waals surface area contributed by atoms with Crippen LogP contribution < -0.4 is 14.8 Å². The summed E-state index contributed by atoms with van der Waals surface area (Å²) in [6.45, 7) is 0.776. The Kier molecular flexibility index (Phi) is 7.01. The van der Waals surface area contributed by atoms with E-state index in [1.165, 1.54) is 13.2 Å². The molecule has 176 valence electrons. The molecular formula is C23H21ClN4O4S2. The molecule has 2 aromatic carbocycles. The van der Waals surface area contributed by atoms with Crippen molar-refractivity contribution >= 4 is 61.8 Å². The SMILES string of the molecule is COc1cccc2c1c(NS(=O)(=O)C1=CC(Cl)=CCC1=S)nn2Cc1cccc(CNC=O)c1. The number of hydrogen-bond acceptors (Lipinski definition) is 6. The van der Waals surface area contributed by atoms with Gasteiger partial charge in [0.15, 0.2) is 5.82 Å². The number of carbonyl (C=O) groups is 1. The van der Waals surface area contributed by atoms with E-state index < -0.39 is 10.0 Å². The molecule has 1 aliphatic carbocycles. The molecule has 0 radical (unpaired) electrons. The van der Waals surface area contributed by atoms with Gasteiger partial charge in [0.25, 0.3) is 10.0 Å². The lowest BCUT2D eigenvalue weighted by atomic mass is 10.1. The number of aromatic nitrogens is 2. The molecule has 0 aliphatic heterocycles. The molecule has 2 N–H and O–H groups in total. The molecule has 0 fully saturated rings. The van der Waals surface area contributed by atoms with Gasteiger partial charge in [-0.3, -0.25) is 14.2 Å². The first-order valence-corrected chi connectivity index (χ1v) is 12.5. The maximum absolute atomic E-state index is 13.2. The number of hydrogen-bond donors (Lipinski definition) is 2. The second-order valence-electron chi connectivity index (χ2n) is 7.51. The summed E-state index contributed by atoms with van der Waals surface area (Å²) in [6, 6.07) is 13.1. The summed E-state index contributed by atoms with van der Waals surface area (Å²) in [5, 5.41) is 8.04. The summed E-state index contributed by atoms with van der Waals surface area (Å²) in [5.74, 6) is 0.601. The van der Waals surface area contributed by atoms with Crippen LogP contribution in [0.25, 0.3) is 10.9 Å². The third kappa shape index (κ3) is 4.98. The first-order chi connectivity index (χ1) is 16.3. The summed E-state index contributed by atoms with van der Waals surface area (Å²) in [4.78, 5) is 10.8. The predicted octanol–water partition coefficient (Wildman–Crippen LogP) is 3.86. The van der Waals surface area contributed by atoms with Crippen molar-refractivity contribution < 1.29 is 17.9 Å². The van der Waals surface area contributed by atoms with E-state index in [0.717, 1.165) is 11.1 Å². The van der Waals surface area contributed by atoms with E-state index in [0.29, 0.717) is 41.2 Å². The van der Waals surface area contributed by atoms with Crippen molar-refractivity contribution in [2.24, 2.45) is 0 Å². The topological polar surface area (TPSA) is 102 Å². The number of anilines is 1. The van der Waals surface area contributed by atoms with E-state index >= 15 is 0 Å².